The number of fused-ring (bicyclic) bond motifs is 1. The van der Waals surface area contributed by atoms with Gasteiger partial charge in [0.05, 0.1) is 4.88 Å². The quantitative estimate of drug-likeness (QED) is 0.477. The predicted octanol–water partition coefficient (Wildman–Crippen LogP) is 4.15. The fraction of sp³-hybridized carbons (Fsp3) is 0.111. The van der Waals surface area contributed by atoms with Crippen molar-refractivity contribution in [2.75, 3.05) is 5.32 Å². The summed E-state index contributed by atoms with van der Waals surface area (Å²) >= 11 is 6.69. The molecule has 0 aliphatic rings. The van der Waals surface area contributed by atoms with Crippen molar-refractivity contribution < 1.29 is 4.79 Å². The Morgan fingerprint density at radius 3 is 2.62 bits per heavy atom. The molecule has 0 saturated carbocycles. The number of hydrogen-bond acceptors (Lipinski definition) is 3. The van der Waals surface area contributed by atoms with E-state index in [1.54, 1.807) is 0 Å². The van der Waals surface area contributed by atoms with E-state index >= 15 is 0 Å². The molecule has 0 bridgehead atoms. The van der Waals surface area contributed by atoms with Gasteiger partial charge in [-0.15, -0.1) is 11.3 Å². The highest BCUT2D eigenvalue weighted by Crippen LogP contribution is 2.24. The number of thiocarbonyl (C=S) groups is 1. The first-order valence-corrected chi connectivity index (χ1v) is 8.69. The lowest BCUT2D eigenvalue weighted by atomic mass is 10.1. The molecule has 0 atom stereocenters. The van der Waals surface area contributed by atoms with Crippen LogP contribution < -0.4 is 16.2 Å². The minimum absolute atomic E-state index is 0.207. The van der Waals surface area contributed by atoms with Gasteiger partial charge in [-0.05, 0) is 60.8 Å². The number of hydrazine groups is 1. The van der Waals surface area contributed by atoms with Crippen LogP contribution in [0.15, 0.2) is 48.5 Å². The van der Waals surface area contributed by atoms with Crippen LogP contribution in [-0.4, -0.2) is 11.0 Å². The van der Waals surface area contributed by atoms with Gasteiger partial charge in [0.2, 0.25) is 0 Å². The zero-order valence-corrected chi connectivity index (χ0v) is 15.0. The molecule has 1 amide bonds. The molecule has 122 valence electrons. The molecule has 0 fully saturated rings. The van der Waals surface area contributed by atoms with E-state index in [0.717, 1.165) is 21.3 Å². The van der Waals surface area contributed by atoms with Crippen molar-refractivity contribution in [2.24, 2.45) is 0 Å². The first kappa shape index (κ1) is 16.4. The summed E-state index contributed by atoms with van der Waals surface area (Å²) in [4.78, 5) is 12.9. The van der Waals surface area contributed by atoms with Crippen molar-refractivity contribution in [1.29, 1.82) is 0 Å². The van der Waals surface area contributed by atoms with E-state index in [9.17, 15) is 4.79 Å². The first-order valence-electron chi connectivity index (χ1n) is 7.47. The van der Waals surface area contributed by atoms with Crippen molar-refractivity contribution >= 4 is 50.3 Å². The third-order valence-corrected chi connectivity index (χ3v) is 5.11. The highest BCUT2D eigenvalue weighted by molar-refractivity contribution is 7.80. The van der Waals surface area contributed by atoms with Gasteiger partial charge >= 0.3 is 0 Å². The highest BCUT2D eigenvalue weighted by atomic mass is 32.1. The van der Waals surface area contributed by atoms with E-state index in [1.807, 2.05) is 62.4 Å². The van der Waals surface area contributed by atoms with Crippen LogP contribution in [0, 0.1) is 13.8 Å². The van der Waals surface area contributed by atoms with E-state index in [4.69, 9.17) is 12.2 Å². The average molecular weight is 355 g/mol. The second-order valence-corrected chi connectivity index (χ2v) is 6.92. The van der Waals surface area contributed by atoms with Gasteiger partial charge < -0.3 is 5.32 Å². The molecule has 2 aromatic carbocycles. The largest absolute Gasteiger partial charge is 0.331 e. The number of carbonyl (C=O) groups excluding carboxylic acids is 1. The standard InChI is InChI=1S/C18H17N3OS2/c1-11-6-5-8-14(12(11)2)19-18(23)21-20-17(22)16-10-13-7-3-4-9-15(13)24-16/h3-10H,1-2H3,(H,20,22)(H2,19,21,23). The molecule has 0 radical (unpaired) electrons. The number of rotatable bonds is 2. The summed E-state index contributed by atoms with van der Waals surface area (Å²) in [7, 11) is 0. The van der Waals surface area contributed by atoms with E-state index in [2.05, 4.69) is 16.2 Å². The number of carbonyl (C=O) groups is 1. The number of benzene rings is 2. The normalized spacial score (nSPS) is 10.4. The Hall–Kier alpha value is -2.44. The molecule has 0 unspecified atom stereocenters. The molecule has 1 heterocycles. The maximum absolute atomic E-state index is 12.2. The third-order valence-electron chi connectivity index (χ3n) is 3.79. The van der Waals surface area contributed by atoms with Crippen LogP contribution in [0.2, 0.25) is 0 Å². The summed E-state index contributed by atoms with van der Waals surface area (Å²) in [6.45, 7) is 4.07. The molecular formula is C18H17N3OS2. The Labute approximate surface area is 149 Å². The number of anilines is 1. The second kappa shape index (κ2) is 6.98. The Morgan fingerprint density at radius 2 is 1.83 bits per heavy atom. The predicted molar refractivity (Wildman–Crippen MR) is 105 cm³/mol. The zero-order chi connectivity index (χ0) is 17.1. The van der Waals surface area contributed by atoms with Gasteiger partial charge in [-0.3, -0.25) is 15.6 Å². The number of amides is 1. The Kier molecular flexibility index (Phi) is 4.78. The molecule has 24 heavy (non-hydrogen) atoms. The molecule has 3 N–H and O–H groups in total. The monoisotopic (exact) mass is 355 g/mol. The van der Waals surface area contributed by atoms with Crippen LogP contribution >= 0.6 is 23.6 Å². The maximum atomic E-state index is 12.2. The number of aryl methyl sites for hydroxylation is 1. The van der Waals surface area contributed by atoms with Crippen molar-refractivity contribution in [1.82, 2.24) is 10.9 Å². The fourth-order valence-electron chi connectivity index (χ4n) is 2.31. The minimum atomic E-state index is -0.207. The van der Waals surface area contributed by atoms with Crippen LogP contribution in [0.3, 0.4) is 0 Å². The highest BCUT2D eigenvalue weighted by Gasteiger charge is 2.10. The van der Waals surface area contributed by atoms with Crippen LogP contribution in [0.5, 0.6) is 0 Å². The zero-order valence-electron chi connectivity index (χ0n) is 13.3. The van der Waals surface area contributed by atoms with Crippen molar-refractivity contribution in [2.45, 2.75) is 13.8 Å². The molecule has 3 rings (SSSR count). The lowest BCUT2D eigenvalue weighted by molar-refractivity contribution is 0.0948. The van der Waals surface area contributed by atoms with Gasteiger partial charge in [-0.25, -0.2) is 0 Å². The smallest absolute Gasteiger partial charge is 0.279 e. The van der Waals surface area contributed by atoms with Gasteiger partial charge in [0.25, 0.3) is 5.91 Å². The number of nitrogens with one attached hydrogen (secondary N) is 3. The summed E-state index contributed by atoms with van der Waals surface area (Å²) in [5.74, 6) is -0.207. The average Bonchev–Trinajstić information content (AvgIpc) is 3.01. The Morgan fingerprint density at radius 1 is 1.04 bits per heavy atom. The van der Waals surface area contributed by atoms with Crippen molar-refractivity contribution in [3.8, 4) is 0 Å². The fourth-order valence-corrected chi connectivity index (χ4v) is 3.43. The molecule has 6 heteroatoms. The van der Waals surface area contributed by atoms with Crippen LogP contribution in [0.4, 0.5) is 5.69 Å². The van der Waals surface area contributed by atoms with Gasteiger partial charge in [-0.2, -0.15) is 0 Å². The summed E-state index contributed by atoms with van der Waals surface area (Å²) in [6.07, 6.45) is 0. The van der Waals surface area contributed by atoms with E-state index in [-0.39, 0.29) is 5.91 Å². The summed E-state index contributed by atoms with van der Waals surface area (Å²) < 4.78 is 1.08. The molecule has 0 spiro atoms. The minimum Gasteiger partial charge on any atom is -0.331 e. The third kappa shape index (κ3) is 3.55. The number of thiophene rings is 1. The van der Waals surface area contributed by atoms with Gasteiger partial charge in [0.15, 0.2) is 5.11 Å². The van der Waals surface area contributed by atoms with Crippen LogP contribution in [-0.2, 0) is 0 Å². The van der Waals surface area contributed by atoms with E-state index < -0.39 is 0 Å². The first-order chi connectivity index (χ1) is 11.5. The molecule has 0 aliphatic heterocycles. The summed E-state index contributed by atoms with van der Waals surface area (Å²) in [5.41, 5.74) is 8.60. The summed E-state index contributed by atoms with van der Waals surface area (Å²) in [6, 6.07) is 15.7. The van der Waals surface area contributed by atoms with E-state index in [1.165, 1.54) is 16.9 Å². The van der Waals surface area contributed by atoms with E-state index in [0.29, 0.717) is 9.99 Å². The van der Waals surface area contributed by atoms with Gasteiger partial charge in [0.1, 0.15) is 0 Å². The van der Waals surface area contributed by atoms with Gasteiger partial charge in [-0.1, -0.05) is 30.3 Å². The molecular weight excluding hydrogens is 338 g/mol. The molecule has 3 aromatic rings. The maximum Gasteiger partial charge on any atom is 0.279 e. The van der Waals surface area contributed by atoms with Crippen LogP contribution in [0.1, 0.15) is 20.8 Å². The lowest BCUT2D eigenvalue weighted by Crippen LogP contribution is -2.43. The molecule has 1 aromatic heterocycles. The Balaban J connectivity index is 1.61. The second-order valence-electron chi connectivity index (χ2n) is 5.43. The van der Waals surface area contributed by atoms with Crippen molar-refractivity contribution in [3.63, 3.8) is 0 Å². The Bertz CT molecular complexity index is 885. The lowest BCUT2D eigenvalue weighted by Gasteiger charge is -2.14. The molecule has 0 aliphatic carbocycles. The van der Waals surface area contributed by atoms with Gasteiger partial charge in [0, 0.05) is 10.4 Å². The molecule has 0 saturated heterocycles. The topological polar surface area (TPSA) is 53.2 Å². The van der Waals surface area contributed by atoms with Crippen molar-refractivity contribution in [3.05, 3.63) is 64.5 Å². The molecule has 4 nitrogen and oxygen atoms in total. The SMILES string of the molecule is Cc1cccc(NC(=S)NNC(=O)c2cc3ccccc3s2)c1C. The van der Waals surface area contributed by atoms with Crippen LogP contribution in [0.25, 0.3) is 10.1 Å². The summed E-state index contributed by atoms with van der Waals surface area (Å²) in [5, 5.41) is 4.50. The number of hydrogen-bond donors (Lipinski definition) is 3.